The predicted octanol–water partition coefficient (Wildman–Crippen LogP) is 5.63. The quantitative estimate of drug-likeness (QED) is 0.357. The zero-order valence-corrected chi connectivity index (χ0v) is 21.9. The highest BCUT2D eigenvalue weighted by Crippen LogP contribution is 2.43. The van der Waals surface area contributed by atoms with E-state index in [1.807, 2.05) is 24.3 Å². The van der Waals surface area contributed by atoms with Crippen LogP contribution in [-0.2, 0) is 14.9 Å². The lowest BCUT2D eigenvalue weighted by Crippen LogP contribution is -2.31. The van der Waals surface area contributed by atoms with E-state index in [-0.39, 0.29) is 16.6 Å². The average molecular weight is 505 g/mol. The third-order valence-corrected chi connectivity index (χ3v) is 7.27. The second-order valence-corrected chi connectivity index (χ2v) is 10.9. The molecule has 0 spiro atoms. The van der Waals surface area contributed by atoms with E-state index in [9.17, 15) is 19.5 Å². The van der Waals surface area contributed by atoms with Gasteiger partial charge in [0.25, 0.3) is 5.91 Å². The maximum Gasteiger partial charge on any atom is 0.337 e. The monoisotopic (exact) mass is 504 g/mol. The molecule has 4 rings (SSSR count). The first kappa shape index (κ1) is 25.3. The number of ether oxygens (including phenoxy) is 1. The highest BCUT2D eigenvalue weighted by molar-refractivity contribution is 7.14. The summed E-state index contributed by atoms with van der Waals surface area (Å²) in [7, 11) is 1.28. The Labute approximate surface area is 214 Å². The number of nitrogens with zero attached hydrogens (tertiary/aromatic N) is 2. The molecule has 2 aromatic carbocycles. The van der Waals surface area contributed by atoms with E-state index >= 15 is 0 Å². The number of thiazole rings is 1. The molecule has 1 N–H and O–H groups in total. The number of Topliss-reactive ketones (excluding diaryl/α,β-unsaturated/α-hetero) is 1. The van der Waals surface area contributed by atoms with Gasteiger partial charge in [-0.1, -0.05) is 51.1 Å². The Morgan fingerprint density at radius 1 is 1.08 bits per heavy atom. The van der Waals surface area contributed by atoms with Crippen molar-refractivity contribution < 1.29 is 24.2 Å². The number of methoxy groups -OCH3 is 1. The van der Waals surface area contributed by atoms with Crippen molar-refractivity contribution in [2.75, 3.05) is 12.0 Å². The zero-order chi connectivity index (χ0) is 26.4. The Morgan fingerprint density at radius 3 is 2.31 bits per heavy atom. The number of aromatic nitrogens is 1. The van der Waals surface area contributed by atoms with Gasteiger partial charge < -0.3 is 9.84 Å². The summed E-state index contributed by atoms with van der Waals surface area (Å²) in [6.07, 6.45) is 0. The number of aryl methyl sites for hydroxylation is 2. The first-order chi connectivity index (χ1) is 16.9. The molecule has 0 fully saturated rings. The molecule has 8 heteroatoms. The van der Waals surface area contributed by atoms with Crippen molar-refractivity contribution in [3.63, 3.8) is 0 Å². The number of amides is 1. The molecule has 36 heavy (non-hydrogen) atoms. The van der Waals surface area contributed by atoms with Gasteiger partial charge in [0.05, 0.1) is 39.9 Å². The highest BCUT2D eigenvalue weighted by Gasteiger charge is 2.45. The Bertz CT molecular complexity index is 1400. The fraction of sp³-hybridized carbons (Fsp3) is 0.286. The first-order valence-electron chi connectivity index (χ1n) is 11.5. The third-order valence-electron chi connectivity index (χ3n) is 6.20. The molecule has 1 amide bonds. The van der Waals surface area contributed by atoms with Gasteiger partial charge in [-0.25, -0.2) is 9.78 Å². The summed E-state index contributed by atoms with van der Waals surface area (Å²) >= 11 is 1.23. The van der Waals surface area contributed by atoms with Gasteiger partial charge in [0, 0.05) is 5.69 Å². The lowest BCUT2D eigenvalue weighted by Gasteiger charge is -2.28. The number of aliphatic hydroxyl groups is 1. The second kappa shape index (κ2) is 9.35. The van der Waals surface area contributed by atoms with Crippen molar-refractivity contribution in [2.45, 2.75) is 46.1 Å². The van der Waals surface area contributed by atoms with Crippen LogP contribution in [0.3, 0.4) is 0 Å². The van der Waals surface area contributed by atoms with Crippen LogP contribution in [0.1, 0.15) is 68.7 Å². The number of rotatable bonds is 5. The van der Waals surface area contributed by atoms with Gasteiger partial charge in [0.2, 0.25) is 5.78 Å². The van der Waals surface area contributed by atoms with Crippen molar-refractivity contribution in [1.29, 1.82) is 0 Å². The number of esters is 1. The van der Waals surface area contributed by atoms with Crippen LogP contribution >= 0.6 is 11.3 Å². The molecule has 1 unspecified atom stereocenters. The number of anilines is 1. The highest BCUT2D eigenvalue weighted by atomic mass is 32.1. The van der Waals surface area contributed by atoms with Gasteiger partial charge in [0.1, 0.15) is 0 Å². The van der Waals surface area contributed by atoms with Crippen LogP contribution in [0.15, 0.2) is 59.9 Å². The van der Waals surface area contributed by atoms with Gasteiger partial charge >= 0.3 is 5.97 Å². The van der Waals surface area contributed by atoms with Gasteiger partial charge in [-0.05, 0) is 48.6 Å². The number of ketones is 1. The maximum absolute atomic E-state index is 13.7. The van der Waals surface area contributed by atoms with Crippen molar-refractivity contribution in [3.05, 3.63) is 92.1 Å². The van der Waals surface area contributed by atoms with Crippen molar-refractivity contribution in [3.8, 4) is 0 Å². The molecule has 0 bridgehead atoms. The van der Waals surface area contributed by atoms with Crippen molar-refractivity contribution in [1.82, 2.24) is 4.98 Å². The minimum Gasteiger partial charge on any atom is -0.503 e. The summed E-state index contributed by atoms with van der Waals surface area (Å²) in [5, 5.41) is 11.7. The van der Waals surface area contributed by atoms with Crippen LogP contribution in [-0.4, -0.2) is 34.9 Å². The van der Waals surface area contributed by atoms with Gasteiger partial charge in [-0.15, -0.1) is 11.3 Å². The minimum atomic E-state index is -0.895. The Kier molecular flexibility index (Phi) is 6.58. The minimum absolute atomic E-state index is 0.0151. The molecule has 1 aliphatic heterocycles. The van der Waals surface area contributed by atoms with Crippen LogP contribution in [0.25, 0.3) is 0 Å². The number of carbonyl (C=O) groups excluding carboxylic acids is 3. The average Bonchev–Trinajstić information content (AvgIpc) is 3.32. The standard InChI is InChI=1S/C28H28N2O5S/c1-15-25(36-16(2)29-15)23(31)21-22(17-10-12-19(13-11-17)28(3,4)5)30(26(33)24(21)32)20-9-7-8-18(14-20)27(34)35-6/h7-14,22,32H,1-6H3. The predicted molar refractivity (Wildman–Crippen MR) is 139 cm³/mol. The van der Waals surface area contributed by atoms with E-state index in [0.717, 1.165) is 5.56 Å². The summed E-state index contributed by atoms with van der Waals surface area (Å²) in [6.45, 7) is 9.83. The molecule has 0 saturated heterocycles. The van der Waals surface area contributed by atoms with E-state index < -0.39 is 29.5 Å². The van der Waals surface area contributed by atoms with E-state index in [1.165, 1.54) is 29.4 Å². The number of benzene rings is 2. The Balaban J connectivity index is 1.89. The van der Waals surface area contributed by atoms with Crippen LogP contribution in [0.2, 0.25) is 0 Å². The molecule has 3 aromatic rings. The van der Waals surface area contributed by atoms with E-state index in [1.54, 1.807) is 32.0 Å². The van der Waals surface area contributed by atoms with E-state index in [0.29, 0.717) is 26.8 Å². The fourth-order valence-electron chi connectivity index (χ4n) is 4.35. The summed E-state index contributed by atoms with van der Waals surface area (Å²) in [5.41, 5.74) is 2.79. The molecule has 1 aliphatic rings. The Hall–Kier alpha value is -3.78. The number of hydrogen-bond acceptors (Lipinski definition) is 7. The van der Waals surface area contributed by atoms with Crippen LogP contribution in [0, 0.1) is 13.8 Å². The van der Waals surface area contributed by atoms with Gasteiger partial charge in [0.15, 0.2) is 5.76 Å². The summed E-state index contributed by atoms with van der Waals surface area (Å²) in [4.78, 5) is 45.4. The van der Waals surface area contributed by atoms with Crippen LogP contribution < -0.4 is 4.90 Å². The van der Waals surface area contributed by atoms with Crippen molar-refractivity contribution in [2.24, 2.45) is 0 Å². The molecule has 7 nitrogen and oxygen atoms in total. The van der Waals surface area contributed by atoms with Crippen LogP contribution in [0.5, 0.6) is 0 Å². The summed E-state index contributed by atoms with van der Waals surface area (Å²) in [5.74, 6) is -2.33. The summed E-state index contributed by atoms with van der Waals surface area (Å²) in [6, 6.07) is 13.1. The maximum atomic E-state index is 13.7. The molecule has 1 atom stereocenters. The molecule has 0 aliphatic carbocycles. The lowest BCUT2D eigenvalue weighted by molar-refractivity contribution is -0.117. The molecular weight excluding hydrogens is 476 g/mol. The normalized spacial score (nSPS) is 16.0. The third kappa shape index (κ3) is 4.44. The van der Waals surface area contributed by atoms with Gasteiger partial charge in [-0.2, -0.15) is 0 Å². The lowest BCUT2D eigenvalue weighted by atomic mass is 9.85. The van der Waals surface area contributed by atoms with E-state index in [4.69, 9.17) is 4.74 Å². The largest absolute Gasteiger partial charge is 0.503 e. The van der Waals surface area contributed by atoms with Crippen molar-refractivity contribution >= 4 is 34.7 Å². The number of carbonyl (C=O) groups is 3. The number of hydrogen-bond donors (Lipinski definition) is 1. The van der Waals surface area contributed by atoms with E-state index in [2.05, 4.69) is 25.8 Å². The molecule has 2 heterocycles. The molecule has 0 saturated carbocycles. The molecule has 0 radical (unpaired) electrons. The second-order valence-electron chi connectivity index (χ2n) is 9.73. The molecular formula is C28H28N2O5S. The smallest absolute Gasteiger partial charge is 0.337 e. The SMILES string of the molecule is COC(=O)c1cccc(N2C(=O)C(O)=C(C(=O)c3sc(C)nc3C)C2c2ccc(C(C)(C)C)cc2)c1. The fourth-order valence-corrected chi connectivity index (χ4v) is 5.22. The topological polar surface area (TPSA) is 96.8 Å². The molecule has 1 aromatic heterocycles. The van der Waals surface area contributed by atoms with Crippen LogP contribution in [0.4, 0.5) is 5.69 Å². The number of aliphatic hydroxyl groups excluding tert-OH is 1. The molecule has 186 valence electrons. The van der Waals surface area contributed by atoms with Gasteiger partial charge in [-0.3, -0.25) is 14.5 Å². The zero-order valence-electron chi connectivity index (χ0n) is 21.1. The summed E-state index contributed by atoms with van der Waals surface area (Å²) < 4.78 is 4.83. The first-order valence-corrected chi connectivity index (χ1v) is 12.3. The Morgan fingerprint density at radius 2 is 1.75 bits per heavy atom.